The van der Waals surface area contributed by atoms with Gasteiger partial charge < -0.3 is 5.21 Å². The molecule has 0 aliphatic rings. The summed E-state index contributed by atoms with van der Waals surface area (Å²) in [4.78, 5) is 41.5. The van der Waals surface area contributed by atoms with E-state index in [0.29, 0.717) is 0 Å². The number of benzene rings is 2. The summed E-state index contributed by atoms with van der Waals surface area (Å²) in [6, 6.07) is 1.62. The molecule has 0 spiro atoms. The lowest BCUT2D eigenvalue weighted by atomic mass is 10.0. The molecule has 0 atom stereocenters. The molecule has 0 bridgehead atoms. The minimum atomic E-state index is -0.911. The van der Waals surface area contributed by atoms with Crippen LogP contribution >= 0.6 is 0 Å². The number of nitro groups is 4. The Morgan fingerprint density at radius 2 is 0.968 bits per heavy atom. The molecule has 15 nitrogen and oxygen atoms in total. The Balaban J connectivity index is 2.87. The van der Waals surface area contributed by atoms with Crippen LogP contribution in [-0.4, -0.2) is 24.6 Å². The van der Waals surface area contributed by atoms with Crippen LogP contribution in [0.15, 0.2) is 17.2 Å². The van der Waals surface area contributed by atoms with E-state index < -0.39 is 53.8 Å². The Bertz CT molecular complexity index is 1210. The summed E-state index contributed by atoms with van der Waals surface area (Å²) < 4.78 is 0. The molecule has 2 rings (SSSR count). The van der Waals surface area contributed by atoms with Gasteiger partial charge in [-0.1, -0.05) is 0 Å². The van der Waals surface area contributed by atoms with E-state index in [-0.39, 0.29) is 27.1 Å². The lowest BCUT2D eigenvalue weighted by molar-refractivity contribution is -0.439. The van der Waals surface area contributed by atoms with Gasteiger partial charge in [0.1, 0.15) is 22.4 Å². The van der Waals surface area contributed by atoms with Crippen molar-refractivity contribution >= 4 is 34.1 Å². The normalized spacial score (nSPS) is 11.3. The van der Waals surface area contributed by atoms with Crippen molar-refractivity contribution in [2.24, 2.45) is 5.11 Å². The third-order valence-corrected chi connectivity index (χ3v) is 4.67. The molecule has 2 aromatic carbocycles. The van der Waals surface area contributed by atoms with Crippen molar-refractivity contribution < 1.29 is 24.6 Å². The van der Waals surface area contributed by atoms with Crippen LogP contribution in [0.25, 0.3) is 0 Å². The smallest absolute Gasteiger partial charge is 0.288 e. The van der Waals surface area contributed by atoms with E-state index in [1.807, 2.05) is 0 Å². The topological polar surface area (TPSA) is 211 Å². The number of hydrogen-bond donors (Lipinski definition) is 0. The van der Waals surface area contributed by atoms with Gasteiger partial charge in [0.05, 0.1) is 31.3 Å². The van der Waals surface area contributed by atoms with Gasteiger partial charge in [-0.25, -0.2) is 0 Å². The molecule has 15 heteroatoms. The standard InChI is InChI=1S/C16H14N6O9/c1-7-11(5-13(19(24)25)9(3)15(7)21(28)29)17-18(23)12-6-14(20(26)27)10(4)16(8(12)2)22(30)31/h5-6H,1-4H3. The van der Waals surface area contributed by atoms with Crippen LogP contribution in [0.3, 0.4) is 0 Å². The van der Waals surface area contributed by atoms with Crippen molar-refractivity contribution in [3.63, 3.8) is 0 Å². The van der Waals surface area contributed by atoms with Crippen LogP contribution in [0.2, 0.25) is 0 Å². The van der Waals surface area contributed by atoms with Crippen LogP contribution in [-0.2, 0) is 0 Å². The molecule has 0 saturated carbocycles. The van der Waals surface area contributed by atoms with Crippen LogP contribution < -0.4 is 0 Å². The highest BCUT2D eigenvalue weighted by atomic mass is 16.6. The van der Waals surface area contributed by atoms with Crippen molar-refractivity contribution in [3.05, 3.63) is 80.1 Å². The molecule has 0 aliphatic carbocycles. The van der Waals surface area contributed by atoms with Crippen LogP contribution in [0, 0.1) is 73.4 Å². The maximum atomic E-state index is 12.7. The van der Waals surface area contributed by atoms with Gasteiger partial charge in [-0.15, -0.1) is 0 Å². The summed E-state index contributed by atoms with van der Waals surface area (Å²) >= 11 is 0. The minimum Gasteiger partial charge on any atom is -0.594 e. The maximum absolute atomic E-state index is 12.7. The van der Waals surface area contributed by atoms with Gasteiger partial charge in [0.2, 0.25) is 0 Å². The van der Waals surface area contributed by atoms with E-state index in [4.69, 9.17) is 0 Å². The van der Waals surface area contributed by atoms with Crippen molar-refractivity contribution in [1.82, 2.24) is 0 Å². The molecular weight excluding hydrogens is 420 g/mol. The lowest BCUT2D eigenvalue weighted by Crippen LogP contribution is -2.05. The van der Waals surface area contributed by atoms with Crippen molar-refractivity contribution in [2.75, 3.05) is 0 Å². The predicted octanol–water partition coefficient (Wildman–Crippen LogP) is 4.48. The average molecular weight is 434 g/mol. The molecule has 0 unspecified atom stereocenters. The molecule has 0 N–H and O–H groups in total. The zero-order chi connectivity index (χ0) is 23.8. The summed E-state index contributed by atoms with van der Waals surface area (Å²) in [6.45, 7) is 4.71. The van der Waals surface area contributed by atoms with Crippen molar-refractivity contribution in [1.29, 1.82) is 0 Å². The summed E-state index contributed by atoms with van der Waals surface area (Å²) in [7, 11) is 0. The van der Waals surface area contributed by atoms with Gasteiger partial charge in [0.15, 0.2) is 0 Å². The fourth-order valence-corrected chi connectivity index (χ4v) is 3.12. The van der Waals surface area contributed by atoms with E-state index in [9.17, 15) is 45.7 Å². The number of rotatable bonds is 6. The molecule has 0 heterocycles. The highest BCUT2D eigenvalue weighted by molar-refractivity contribution is 5.68. The Morgan fingerprint density at radius 3 is 1.39 bits per heavy atom. The van der Waals surface area contributed by atoms with E-state index >= 15 is 0 Å². The first-order valence-electron chi connectivity index (χ1n) is 8.34. The third-order valence-electron chi connectivity index (χ3n) is 4.67. The summed E-state index contributed by atoms with van der Waals surface area (Å²) in [5, 5.41) is 61.5. The van der Waals surface area contributed by atoms with E-state index in [1.54, 1.807) is 0 Å². The molecule has 0 saturated heterocycles. The molecule has 0 fully saturated rings. The van der Waals surface area contributed by atoms with Crippen LogP contribution in [0.5, 0.6) is 0 Å². The van der Waals surface area contributed by atoms with E-state index in [1.165, 1.54) is 20.8 Å². The van der Waals surface area contributed by atoms with Gasteiger partial charge >= 0.3 is 0 Å². The molecule has 0 amide bonds. The van der Waals surface area contributed by atoms with Gasteiger partial charge in [0.25, 0.3) is 28.4 Å². The first-order chi connectivity index (χ1) is 14.3. The molecular formula is C16H14N6O9. The second-order valence-corrected chi connectivity index (χ2v) is 6.43. The molecule has 0 radical (unpaired) electrons. The molecule has 31 heavy (non-hydrogen) atoms. The van der Waals surface area contributed by atoms with E-state index in [0.717, 1.165) is 19.1 Å². The number of nitrogens with zero attached hydrogens (tertiary/aromatic N) is 6. The number of nitro benzene ring substituents is 4. The second-order valence-electron chi connectivity index (χ2n) is 6.43. The van der Waals surface area contributed by atoms with Gasteiger partial charge in [-0.2, -0.15) is 0 Å². The van der Waals surface area contributed by atoms with Crippen LogP contribution in [0.1, 0.15) is 22.3 Å². The van der Waals surface area contributed by atoms with E-state index in [2.05, 4.69) is 5.11 Å². The zero-order valence-electron chi connectivity index (χ0n) is 16.5. The highest BCUT2D eigenvalue weighted by Crippen LogP contribution is 2.40. The fraction of sp³-hybridized carbons (Fsp3) is 0.250. The Morgan fingerprint density at radius 1 is 0.581 bits per heavy atom. The molecule has 2 aromatic rings. The maximum Gasteiger partial charge on any atom is 0.288 e. The largest absolute Gasteiger partial charge is 0.594 e. The molecule has 162 valence electrons. The predicted molar refractivity (Wildman–Crippen MR) is 104 cm³/mol. The Labute approximate surface area is 172 Å². The average Bonchev–Trinajstić information content (AvgIpc) is 2.62. The number of azo groups is 1. The summed E-state index contributed by atoms with van der Waals surface area (Å²) in [5.74, 6) is 0. The fourth-order valence-electron chi connectivity index (χ4n) is 3.12. The SMILES string of the molecule is Cc1c(N=[N+]([O-])c2cc([N+](=O)[O-])c(C)c([N+](=O)[O-])c2C)cc([N+](=O)[O-])c(C)c1[N+](=O)[O-]. The van der Waals surface area contributed by atoms with Crippen LogP contribution in [0.4, 0.5) is 34.1 Å². The van der Waals surface area contributed by atoms with Gasteiger partial charge in [0, 0.05) is 11.2 Å². The Kier molecular flexibility index (Phi) is 5.90. The van der Waals surface area contributed by atoms with Crippen molar-refractivity contribution in [3.8, 4) is 0 Å². The third kappa shape index (κ3) is 3.96. The lowest BCUT2D eigenvalue weighted by Gasteiger charge is -2.08. The quantitative estimate of drug-likeness (QED) is 0.271. The zero-order valence-corrected chi connectivity index (χ0v) is 16.5. The Hall–Kier alpha value is -4.56. The van der Waals surface area contributed by atoms with Gasteiger partial charge in [-0.3, -0.25) is 40.5 Å². The number of hydrogen-bond acceptors (Lipinski definition) is 10. The highest BCUT2D eigenvalue weighted by Gasteiger charge is 2.32. The first-order valence-corrected chi connectivity index (χ1v) is 8.34. The second kappa shape index (κ2) is 8.05. The summed E-state index contributed by atoms with van der Waals surface area (Å²) in [6.07, 6.45) is 0. The molecule has 0 aromatic heterocycles. The van der Waals surface area contributed by atoms with Gasteiger partial charge in [-0.05, 0) is 32.6 Å². The molecule has 0 aliphatic heterocycles. The summed E-state index contributed by atoms with van der Waals surface area (Å²) in [5.41, 5.74) is -4.59. The monoisotopic (exact) mass is 434 g/mol. The van der Waals surface area contributed by atoms with Crippen molar-refractivity contribution in [2.45, 2.75) is 27.7 Å². The minimum absolute atomic E-state index is 0.164. The first kappa shape index (κ1) is 22.7.